The predicted molar refractivity (Wildman–Crippen MR) is 102 cm³/mol. The van der Waals surface area contributed by atoms with Gasteiger partial charge >= 0.3 is 0 Å². The van der Waals surface area contributed by atoms with Gasteiger partial charge in [-0.3, -0.25) is 14.5 Å². The van der Waals surface area contributed by atoms with E-state index in [0.717, 1.165) is 30.6 Å². The van der Waals surface area contributed by atoms with Gasteiger partial charge in [0, 0.05) is 13.1 Å². The molecule has 0 aromatic heterocycles. The Bertz CT molecular complexity index is 853. The normalized spacial score (nSPS) is 20.1. The number of nitrogens with one attached hydrogen (secondary N) is 1. The van der Waals surface area contributed by atoms with E-state index in [-0.39, 0.29) is 30.1 Å². The number of para-hydroxylation sites is 2. The van der Waals surface area contributed by atoms with Crippen LogP contribution in [-0.4, -0.2) is 36.3 Å². The maximum atomic E-state index is 13.2. The smallest absolute Gasteiger partial charge is 0.244 e. The molecule has 1 fully saturated rings. The molecular weight excluding hydrogens is 345 g/mol. The second-order valence-electron chi connectivity index (χ2n) is 7.19. The van der Waals surface area contributed by atoms with Gasteiger partial charge in [-0.25, -0.2) is 4.39 Å². The van der Waals surface area contributed by atoms with Crippen LogP contribution in [0.5, 0.6) is 0 Å². The highest BCUT2D eigenvalue weighted by atomic mass is 19.1. The van der Waals surface area contributed by atoms with Gasteiger partial charge in [-0.15, -0.1) is 0 Å². The standard InChI is InChI=1S/C21H22FN3O2/c22-17-9-7-15(8-10-17)12-24-11-3-4-16(13-24)21(27)25-14-20(26)23-18-5-1-2-6-19(18)25/h1-2,5-10,16H,3-4,11-14H2,(H,23,26). The van der Waals surface area contributed by atoms with Crippen molar-refractivity contribution in [1.82, 2.24) is 4.90 Å². The Morgan fingerprint density at radius 2 is 1.93 bits per heavy atom. The molecule has 140 valence electrons. The Hall–Kier alpha value is -2.73. The molecule has 0 bridgehead atoms. The number of nitrogens with zero attached hydrogens (tertiary/aromatic N) is 2. The van der Waals surface area contributed by atoms with Gasteiger partial charge in [0.15, 0.2) is 0 Å². The molecule has 2 aliphatic rings. The van der Waals surface area contributed by atoms with E-state index in [1.807, 2.05) is 24.3 Å². The number of hydrogen-bond donors (Lipinski definition) is 1. The molecule has 1 unspecified atom stereocenters. The van der Waals surface area contributed by atoms with Crippen LogP contribution >= 0.6 is 0 Å². The van der Waals surface area contributed by atoms with Crippen molar-refractivity contribution >= 4 is 23.2 Å². The van der Waals surface area contributed by atoms with E-state index in [2.05, 4.69) is 10.2 Å². The summed E-state index contributed by atoms with van der Waals surface area (Å²) in [6.45, 7) is 2.32. The molecule has 0 aliphatic carbocycles. The first-order chi connectivity index (χ1) is 13.1. The summed E-state index contributed by atoms with van der Waals surface area (Å²) in [5, 5.41) is 2.82. The van der Waals surface area contributed by atoms with Gasteiger partial charge in [0.1, 0.15) is 12.4 Å². The van der Waals surface area contributed by atoms with Crippen molar-refractivity contribution in [2.24, 2.45) is 5.92 Å². The number of likely N-dealkylation sites (tertiary alicyclic amines) is 1. The molecule has 4 rings (SSSR count). The van der Waals surface area contributed by atoms with Crippen LogP contribution in [0.4, 0.5) is 15.8 Å². The number of carbonyl (C=O) groups is 2. The summed E-state index contributed by atoms with van der Waals surface area (Å²) in [5.41, 5.74) is 2.48. The van der Waals surface area contributed by atoms with Crippen molar-refractivity contribution in [3.63, 3.8) is 0 Å². The summed E-state index contributed by atoms with van der Waals surface area (Å²) in [7, 11) is 0. The third kappa shape index (κ3) is 3.85. The molecule has 2 aromatic rings. The van der Waals surface area contributed by atoms with E-state index in [0.29, 0.717) is 18.8 Å². The molecule has 2 aliphatic heterocycles. The number of rotatable bonds is 3. The SMILES string of the molecule is O=C1CN(C(=O)C2CCCN(Cc3ccc(F)cc3)C2)c2ccccc2N1. The lowest BCUT2D eigenvalue weighted by Crippen LogP contribution is -2.48. The average Bonchev–Trinajstić information content (AvgIpc) is 2.69. The summed E-state index contributed by atoms with van der Waals surface area (Å²) >= 11 is 0. The first kappa shape index (κ1) is 17.7. The van der Waals surface area contributed by atoms with E-state index < -0.39 is 0 Å². The van der Waals surface area contributed by atoms with Crippen LogP contribution in [0.3, 0.4) is 0 Å². The monoisotopic (exact) mass is 367 g/mol. The number of fused-ring (bicyclic) bond motifs is 1. The van der Waals surface area contributed by atoms with Crippen LogP contribution in [0.25, 0.3) is 0 Å². The molecule has 2 heterocycles. The summed E-state index contributed by atoms with van der Waals surface area (Å²) < 4.78 is 13.1. The van der Waals surface area contributed by atoms with Crippen LogP contribution in [0.2, 0.25) is 0 Å². The fourth-order valence-electron chi connectivity index (χ4n) is 3.90. The van der Waals surface area contributed by atoms with Crippen molar-refractivity contribution in [3.8, 4) is 0 Å². The highest BCUT2D eigenvalue weighted by molar-refractivity contribution is 6.10. The fourth-order valence-corrected chi connectivity index (χ4v) is 3.90. The molecule has 6 heteroatoms. The highest BCUT2D eigenvalue weighted by Gasteiger charge is 2.33. The number of piperidine rings is 1. The Kier molecular flexibility index (Phi) is 4.90. The maximum Gasteiger partial charge on any atom is 0.244 e. The fraction of sp³-hybridized carbons (Fsp3) is 0.333. The van der Waals surface area contributed by atoms with E-state index in [4.69, 9.17) is 0 Å². The van der Waals surface area contributed by atoms with Crippen molar-refractivity contribution < 1.29 is 14.0 Å². The first-order valence-corrected chi connectivity index (χ1v) is 9.27. The van der Waals surface area contributed by atoms with Crippen molar-refractivity contribution in [2.75, 3.05) is 29.9 Å². The highest BCUT2D eigenvalue weighted by Crippen LogP contribution is 2.31. The lowest BCUT2D eigenvalue weighted by molar-refractivity contribution is -0.126. The molecule has 2 amide bonds. The van der Waals surface area contributed by atoms with Gasteiger partial charge in [-0.2, -0.15) is 0 Å². The molecule has 0 radical (unpaired) electrons. The molecule has 1 N–H and O–H groups in total. The molecule has 0 spiro atoms. The Morgan fingerprint density at radius 1 is 1.15 bits per heavy atom. The largest absolute Gasteiger partial charge is 0.323 e. The second-order valence-corrected chi connectivity index (χ2v) is 7.19. The van der Waals surface area contributed by atoms with Crippen LogP contribution in [0.15, 0.2) is 48.5 Å². The zero-order valence-electron chi connectivity index (χ0n) is 15.0. The van der Waals surface area contributed by atoms with Gasteiger partial charge in [-0.05, 0) is 49.2 Å². The van der Waals surface area contributed by atoms with E-state index in [1.54, 1.807) is 17.0 Å². The second kappa shape index (κ2) is 7.48. The lowest BCUT2D eigenvalue weighted by atomic mass is 9.95. The molecule has 2 aromatic carbocycles. The Labute approximate surface area is 157 Å². The molecule has 1 saturated heterocycles. The Balaban J connectivity index is 1.47. The number of hydrogen-bond acceptors (Lipinski definition) is 3. The van der Waals surface area contributed by atoms with Gasteiger partial charge in [0.2, 0.25) is 11.8 Å². The summed E-state index contributed by atoms with van der Waals surface area (Å²) in [4.78, 5) is 29.0. The van der Waals surface area contributed by atoms with Crippen molar-refractivity contribution in [2.45, 2.75) is 19.4 Å². The minimum atomic E-state index is -0.243. The van der Waals surface area contributed by atoms with Gasteiger partial charge < -0.3 is 10.2 Å². The van der Waals surface area contributed by atoms with Crippen molar-refractivity contribution in [1.29, 1.82) is 0 Å². The number of anilines is 2. The third-order valence-electron chi connectivity index (χ3n) is 5.21. The molecule has 0 saturated carbocycles. The minimum absolute atomic E-state index is 0.00102. The van der Waals surface area contributed by atoms with Gasteiger partial charge in [-0.1, -0.05) is 24.3 Å². The molecular formula is C21H22FN3O2. The Morgan fingerprint density at radius 3 is 2.74 bits per heavy atom. The predicted octanol–water partition coefficient (Wildman–Crippen LogP) is 3.02. The van der Waals surface area contributed by atoms with Gasteiger partial charge in [0.25, 0.3) is 0 Å². The van der Waals surface area contributed by atoms with Gasteiger partial charge in [0.05, 0.1) is 17.3 Å². The van der Waals surface area contributed by atoms with E-state index in [1.165, 1.54) is 12.1 Å². The minimum Gasteiger partial charge on any atom is -0.323 e. The zero-order valence-corrected chi connectivity index (χ0v) is 15.0. The summed E-state index contributed by atoms with van der Waals surface area (Å²) in [6.07, 6.45) is 1.75. The quantitative estimate of drug-likeness (QED) is 0.907. The van der Waals surface area contributed by atoms with Crippen molar-refractivity contribution in [3.05, 3.63) is 59.9 Å². The van der Waals surface area contributed by atoms with Crippen LogP contribution in [-0.2, 0) is 16.1 Å². The van der Waals surface area contributed by atoms with E-state index >= 15 is 0 Å². The van der Waals surface area contributed by atoms with Crippen LogP contribution in [0.1, 0.15) is 18.4 Å². The maximum absolute atomic E-state index is 13.2. The van der Waals surface area contributed by atoms with Crippen LogP contribution < -0.4 is 10.2 Å². The zero-order chi connectivity index (χ0) is 18.8. The molecule has 5 nitrogen and oxygen atoms in total. The average molecular weight is 367 g/mol. The number of amides is 2. The summed E-state index contributed by atoms with van der Waals surface area (Å²) in [5.74, 6) is -0.548. The first-order valence-electron chi connectivity index (χ1n) is 9.27. The number of carbonyl (C=O) groups excluding carboxylic acids is 2. The molecule has 1 atom stereocenters. The van der Waals surface area contributed by atoms with E-state index in [9.17, 15) is 14.0 Å². The summed E-state index contributed by atoms with van der Waals surface area (Å²) in [6, 6.07) is 13.9. The van der Waals surface area contributed by atoms with Crippen LogP contribution in [0, 0.1) is 11.7 Å². The lowest BCUT2D eigenvalue weighted by Gasteiger charge is -2.36. The third-order valence-corrected chi connectivity index (χ3v) is 5.21. The number of halogens is 1. The molecule has 27 heavy (non-hydrogen) atoms. The number of benzene rings is 2. The topological polar surface area (TPSA) is 52.7 Å².